The maximum absolute atomic E-state index is 6.07. The van der Waals surface area contributed by atoms with Crippen molar-refractivity contribution in [2.45, 2.75) is 59.6 Å². The quantitative estimate of drug-likeness (QED) is 0.590. The lowest BCUT2D eigenvalue weighted by Crippen LogP contribution is -2.46. The minimum absolute atomic E-state index is 0.218. The average Bonchev–Trinajstić information content (AvgIpc) is 2.46. The Labute approximate surface area is 142 Å². The molecule has 0 aliphatic heterocycles. The summed E-state index contributed by atoms with van der Waals surface area (Å²) in [6, 6.07) is 8.92. The molecule has 0 saturated heterocycles. The van der Waals surface area contributed by atoms with Gasteiger partial charge in [-0.25, -0.2) is 0 Å². The van der Waals surface area contributed by atoms with E-state index in [0.29, 0.717) is 19.8 Å². The van der Waals surface area contributed by atoms with Crippen molar-refractivity contribution in [2.24, 2.45) is 0 Å². The highest BCUT2D eigenvalue weighted by Crippen LogP contribution is 2.27. The predicted molar refractivity (Wildman–Crippen MR) is 96.0 cm³/mol. The summed E-state index contributed by atoms with van der Waals surface area (Å²) in [5.41, 5.74) is 0.947. The Morgan fingerprint density at radius 1 is 0.870 bits per heavy atom. The molecule has 5 heteroatoms. The molecule has 0 fully saturated rings. The van der Waals surface area contributed by atoms with Gasteiger partial charge in [-0.2, -0.15) is 0 Å². The third-order valence-electron chi connectivity index (χ3n) is 3.18. The largest absolute Gasteiger partial charge is 0.501 e. The first-order chi connectivity index (χ1) is 10.9. The highest BCUT2D eigenvalue weighted by Gasteiger charge is 2.40. The van der Waals surface area contributed by atoms with Crippen LogP contribution in [0.5, 0.6) is 5.75 Å². The second-order valence-corrected chi connectivity index (χ2v) is 9.04. The average molecular weight is 341 g/mol. The number of hydrogen-bond acceptors (Lipinski definition) is 4. The van der Waals surface area contributed by atoms with E-state index in [2.05, 4.69) is 26.8 Å². The monoisotopic (exact) mass is 340 g/mol. The van der Waals surface area contributed by atoms with Crippen LogP contribution in [0, 0.1) is 0 Å². The molecular weight excluding hydrogens is 308 g/mol. The molecule has 0 aromatic heterocycles. The van der Waals surface area contributed by atoms with E-state index in [1.807, 2.05) is 39.0 Å². The summed E-state index contributed by atoms with van der Waals surface area (Å²) in [5.74, 6) is 0.924. The molecule has 132 valence electrons. The van der Waals surface area contributed by atoms with Crippen LogP contribution in [0.2, 0.25) is 6.04 Å². The Morgan fingerprint density at radius 3 is 1.87 bits per heavy atom. The van der Waals surface area contributed by atoms with Crippen LogP contribution in [-0.4, -0.2) is 34.2 Å². The summed E-state index contributed by atoms with van der Waals surface area (Å²) in [4.78, 5) is 0. The van der Waals surface area contributed by atoms with E-state index >= 15 is 0 Å². The lowest BCUT2D eigenvalue weighted by molar-refractivity contribution is 0.0713. The van der Waals surface area contributed by atoms with Gasteiger partial charge in [0.1, 0.15) is 11.4 Å². The molecule has 0 unspecified atom stereocenters. The SMILES string of the molecule is CCO[Si](CCc1ccccc1OC(C)(C)C)(OCC)OCC. The van der Waals surface area contributed by atoms with E-state index in [1.54, 1.807) is 0 Å². The van der Waals surface area contributed by atoms with Crippen molar-refractivity contribution in [2.75, 3.05) is 19.8 Å². The molecule has 1 aromatic rings. The van der Waals surface area contributed by atoms with Gasteiger partial charge in [-0.15, -0.1) is 0 Å². The smallest absolute Gasteiger partial charge is 0.488 e. The second kappa shape index (κ2) is 9.42. The summed E-state index contributed by atoms with van der Waals surface area (Å²) in [6.07, 6.45) is 0.818. The van der Waals surface area contributed by atoms with Crippen molar-refractivity contribution < 1.29 is 18.0 Å². The summed E-state index contributed by atoms with van der Waals surface area (Å²) in [6.45, 7) is 13.9. The van der Waals surface area contributed by atoms with Gasteiger partial charge < -0.3 is 18.0 Å². The van der Waals surface area contributed by atoms with E-state index < -0.39 is 8.80 Å². The van der Waals surface area contributed by atoms with E-state index in [9.17, 15) is 0 Å². The molecule has 0 atom stereocenters. The summed E-state index contributed by atoms with van der Waals surface area (Å²) in [7, 11) is -2.62. The lowest BCUT2D eigenvalue weighted by atomic mass is 10.1. The molecule has 1 aromatic carbocycles. The number of rotatable bonds is 10. The molecule has 0 heterocycles. The Balaban J connectivity index is 2.88. The molecule has 23 heavy (non-hydrogen) atoms. The first kappa shape index (κ1) is 20.2. The molecule has 0 bridgehead atoms. The minimum Gasteiger partial charge on any atom is -0.488 e. The van der Waals surface area contributed by atoms with Crippen molar-refractivity contribution in [3.8, 4) is 5.75 Å². The number of hydrogen-bond donors (Lipinski definition) is 0. The number of benzene rings is 1. The van der Waals surface area contributed by atoms with Gasteiger partial charge >= 0.3 is 8.80 Å². The standard InChI is InChI=1S/C18H32O4Si/c1-7-19-23(20-8-2,21-9-3)15-14-16-12-10-11-13-17(16)22-18(4,5)6/h10-13H,7-9,14-15H2,1-6H3. The van der Waals surface area contributed by atoms with Gasteiger partial charge in [-0.05, 0) is 59.6 Å². The zero-order valence-corrected chi connectivity index (χ0v) is 16.5. The highest BCUT2D eigenvalue weighted by molar-refractivity contribution is 6.60. The van der Waals surface area contributed by atoms with Gasteiger partial charge in [-0.1, -0.05) is 18.2 Å². The van der Waals surface area contributed by atoms with Crippen LogP contribution in [0.4, 0.5) is 0 Å². The molecular formula is C18H32O4Si. The fraction of sp³-hybridized carbons (Fsp3) is 0.667. The van der Waals surface area contributed by atoms with Crippen molar-refractivity contribution in [3.63, 3.8) is 0 Å². The van der Waals surface area contributed by atoms with Crippen LogP contribution in [0.3, 0.4) is 0 Å². The first-order valence-corrected chi connectivity index (χ1v) is 10.5. The Kier molecular flexibility index (Phi) is 8.26. The Morgan fingerprint density at radius 2 is 1.39 bits per heavy atom. The minimum atomic E-state index is -2.62. The van der Waals surface area contributed by atoms with E-state index in [0.717, 1.165) is 18.2 Å². The Bertz CT molecular complexity index is 440. The van der Waals surface area contributed by atoms with Crippen LogP contribution in [0.1, 0.15) is 47.1 Å². The maximum Gasteiger partial charge on any atom is 0.501 e. The molecule has 4 nitrogen and oxygen atoms in total. The number of para-hydroxylation sites is 1. The van der Waals surface area contributed by atoms with Gasteiger partial charge in [0.15, 0.2) is 0 Å². The fourth-order valence-corrected chi connectivity index (χ4v) is 5.01. The summed E-state index contributed by atoms with van der Waals surface area (Å²) < 4.78 is 23.9. The van der Waals surface area contributed by atoms with E-state index in [1.165, 1.54) is 5.56 Å². The maximum atomic E-state index is 6.07. The third kappa shape index (κ3) is 7.04. The van der Waals surface area contributed by atoms with Crippen LogP contribution in [0.25, 0.3) is 0 Å². The third-order valence-corrected chi connectivity index (χ3v) is 6.23. The summed E-state index contributed by atoms with van der Waals surface area (Å²) in [5, 5.41) is 0. The second-order valence-electron chi connectivity index (χ2n) is 6.30. The van der Waals surface area contributed by atoms with Crippen LogP contribution in [0.15, 0.2) is 24.3 Å². The Hall–Kier alpha value is -0.883. The molecule has 0 spiro atoms. The fourth-order valence-electron chi connectivity index (χ4n) is 2.43. The zero-order chi connectivity index (χ0) is 17.3. The molecule has 0 radical (unpaired) electrons. The van der Waals surface area contributed by atoms with Crippen LogP contribution in [-0.2, 0) is 19.7 Å². The molecule has 0 amide bonds. The molecule has 1 rings (SSSR count). The normalized spacial score (nSPS) is 12.4. The highest BCUT2D eigenvalue weighted by atomic mass is 28.4. The van der Waals surface area contributed by atoms with E-state index in [4.69, 9.17) is 18.0 Å². The van der Waals surface area contributed by atoms with Crippen molar-refractivity contribution >= 4 is 8.80 Å². The lowest BCUT2D eigenvalue weighted by Gasteiger charge is -2.29. The number of ether oxygens (including phenoxy) is 1. The zero-order valence-electron chi connectivity index (χ0n) is 15.5. The first-order valence-electron chi connectivity index (χ1n) is 8.54. The topological polar surface area (TPSA) is 36.9 Å². The van der Waals surface area contributed by atoms with Gasteiger partial charge in [-0.3, -0.25) is 0 Å². The van der Waals surface area contributed by atoms with Crippen LogP contribution >= 0.6 is 0 Å². The van der Waals surface area contributed by atoms with Gasteiger partial charge in [0, 0.05) is 25.9 Å². The molecule has 0 aliphatic rings. The van der Waals surface area contributed by atoms with Crippen molar-refractivity contribution in [1.82, 2.24) is 0 Å². The number of aryl methyl sites for hydroxylation is 1. The predicted octanol–water partition coefficient (Wildman–Crippen LogP) is 4.45. The molecule has 0 N–H and O–H groups in total. The van der Waals surface area contributed by atoms with Crippen molar-refractivity contribution in [3.05, 3.63) is 29.8 Å². The van der Waals surface area contributed by atoms with Crippen LogP contribution < -0.4 is 4.74 Å². The van der Waals surface area contributed by atoms with Gasteiger partial charge in [0.25, 0.3) is 0 Å². The van der Waals surface area contributed by atoms with Crippen molar-refractivity contribution in [1.29, 1.82) is 0 Å². The van der Waals surface area contributed by atoms with Gasteiger partial charge in [0.05, 0.1) is 0 Å². The molecule has 0 saturated carbocycles. The molecule has 0 aliphatic carbocycles. The van der Waals surface area contributed by atoms with Gasteiger partial charge in [0.2, 0.25) is 0 Å². The summed E-state index contributed by atoms with van der Waals surface area (Å²) >= 11 is 0. The van der Waals surface area contributed by atoms with E-state index in [-0.39, 0.29) is 5.60 Å².